The van der Waals surface area contributed by atoms with Crippen LogP contribution in [0.2, 0.25) is 0 Å². The van der Waals surface area contributed by atoms with Crippen LogP contribution in [0.3, 0.4) is 0 Å². The predicted octanol–water partition coefficient (Wildman–Crippen LogP) is 1.48. The number of carbonyl (C=O) groups excluding carboxylic acids is 1. The van der Waals surface area contributed by atoms with Crippen molar-refractivity contribution in [2.24, 2.45) is 0 Å². The lowest BCUT2D eigenvalue weighted by Gasteiger charge is -2.38. The number of likely N-dealkylation sites (tertiary alicyclic amines) is 1. The lowest BCUT2D eigenvalue weighted by molar-refractivity contribution is -0.136. The molecule has 1 unspecified atom stereocenters. The van der Waals surface area contributed by atoms with E-state index in [1.54, 1.807) is 24.3 Å². The third-order valence-corrected chi connectivity index (χ3v) is 7.44. The molecular formula is C20H31N3O3S. The van der Waals surface area contributed by atoms with E-state index in [1.165, 1.54) is 6.42 Å². The van der Waals surface area contributed by atoms with Gasteiger partial charge in [0.25, 0.3) is 0 Å². The molecule has 0 N–H and O–H groups in total. The first kappa shape index (κ1) is 20.3. The largest absolute Gasteiger partial charge is 0.339 e. The van der Waals surface area contributed by atoms with Crippen LogP contribution >= 0.6 is 0 Å². The molecule has 0 spiro atoms. The van der Waals surface area contributed by atoms with Crippen LogP contribution in [0, 0.1) is 0 Å². The Hall–Kier alpha value is -1.44. The second-order valence-corrected chi connectivity index (χ2v) is 9.79. The van der Waals surface area contributed by atoms with Crippen molar-refractivity contribution in [2.75, 3.05) is 51.6 Å². The number of piperidine rings is 1. The summed E-state index contributed by atoms with van der Waals surface area (Å²) < 4.78 is 24.8. The number of hydrogen-bond donors (Lipinski definition) is 0. The highest BCUT2D eigenvalue weighted by molar-refractivity contribution is 7.91. The van der Waals surface area contributed by atoms with Crippen molar-refractivity contribution in [1.29, 1.82) is 0 Å². The first-order chi connectivity index (χ1) is 13.0. The fourth-order valence-corrected chi connectivity index (χ4v) is 5.22. The molecule has 0 saturated carbocycles. The van der Waals surface area contributed by atoms with E-state index in [1.807, 2.05) is 11.0 Å². The zero-order chi connectivity index (χ0) is 19.3. The number of benzene rings is 1. The van der Waals surface area contributed by atoms with Crippen molar-refractivity contribution in [1.82, 2.24) is 14.7 Å². The summed E-state index contributed by atoms with van der Waals surface area (Å²) in [6.07, 6.45) is 3.44. The van der Waals surface area contributed by atoms with Gasteiger partial charge in [-0.25, -0.2) is 8.42 Å². The highest BCUT2D eigenvalue weighted by Gasteiger charge is 2.26. The minimum Gasteiger partial charge on any atom is -0.339 e. The van der Waals surface area contributed by atoms with E-state index in [2.05, 4.69) is 16.7 Å². The van der Waals surface area contributed by atoms with Crippen molar-refractivity contribution in [3.05, 3.63) is 30.3 Å². The molecule has 0 bridgehead atoms. The predicted molar refractivity (Wildman–Crippen MR) is 106 cm³/mol. The van der Waals surface area contributed by atoms with Gasteiger partial charge in [-0.05, 0) is 38.3 Å². The Labute approximate surface area is 163 Å². The van der Waals surface area contributed by atoms with Crippen LogP contribution in [0.25, 0.3) is 0 Å². The summed E-state index contributed by atoms with van der Waals surface area (Å²) in [5, 5.41) is 0. The smallest absolute Gasteiger partial charge is 0.236 e. The Morgan fingerprint density at radius 1 is 1.00 bits per heavy atom. The number of piperazine rings is 1. The summed E-state index contributed by atoms with van der Waals surface area (Å²) in [6.45, 7) is 7.32. The molecule has 2 aliphatic rings. The van der Waals surface area contributed by atoms with Gasteiger partial charge in [-0.2, -0.15) is 0 Å². The molecule has 2 aliphatic heterocycles. The first-order valence-electron chi connectivity index (χ1n) is 9.98. The molecule has 3 rings (SSSR count). The highest BCUT2D eigenvalue weighted by atomic mass is 32.2. The molecule has 6 nitrogen and oxygen atoms in total. The molecule has 150 valence electrons. The van der Waals surface area contributed by atoms with Gasteiger partial charge in [-0.15, -0.1) is 0 Å². The second kappa shape index (κ2) is 9.17. The Kier molecular flexibility index (Phi) is 6.89. The van der Waals surface area contributed by atoms with Gasteiger partial charge in [0, 0.05) is 45.3 Å². The Bertz CT molecular complexity index is 715. The molecule has 7 heteroatoms. The topological polar surface area (TPSA) is 60.9 Å². The third kappa shape index (κ3) is 5.53. The van der Waals surface area contributed by atoms with E-state index < -0.39 is 9.84 Å². The van der Waals surface area contributed by atoms with E-state index in [0.717, 1.165) is 45.6 Å². The molecule has 2 heterocycles. The minimum atomic E-state index is -3.23. The summed E-state index contributed by atoms with van der Waals surface area (Å²) in [4.78, 5) is 19.4. The Morgan fingerprint density at radius 2 is 1.67 bits per heavy atom. The Balaban J connectivity index is 1.42. The third-order valence-electron chi connectivity index (χ3n) is 5.73. The Morgan fingerprint density at radius 3 is 2.33 bits per heavy atom. The van der Waals surface area contributed by atoms with Crippen LogP contribution in [0.4, 0.5) is 0 Å². The fourth-order valence-electron chi connectivity index (χ4n) is 3.92. The summed E-state index contributed by atoms with van der Waals surface area (Å²) in [6, 6.07) is 9.00. The number of nitrogens with zero attached hydrogens (tertiary/aromatic N) is 3. The van der Waals surface area contributed by atoms with Crippen LogP contribution in [-0.2, 0) is 14.6 Å². The summed E-state index contributed by atoms with van der Waals surface area (Å²) in [7, 11) is -3.23. The quantitative estimate of drug-likeness (QED) is 0.733. The maximum absolute atomic E-state index is 12.6. The van der Waals surface area contributed by atoms with Gasteiger partial charge in [-0.1, -0.05) is 18.2 Å². The molecule has 27 heavy (non-hydrogen) atoms. The SMILES string of the molecule is CC1CCCCN1C(=O)CN1CCN(CCS(=O)(=O)c2ccccc2)CC1. The maximum atomic E-state index is 12.6. The van der Waals surface area contributed by atoms with Crippen LogP contribution in [0.1, 0.15) is 26.2 Å². The van der Waals surface area contributed by atoms with Crippen molar-refractivity contribution >= 4 is 15.7 Å². The maximum Gasteiger partial charge on any atom is 0.236 e. The number of carbonyl (C=O) groups is 1. The second-order valence-electron chi connectivity index (χ2n) is 7.68. The van der Waals surface area contributed by atoms with E-state index >= 15 is 0 Å². The van der Waals surface area contributed by atoms with E-state index in [4.69, 9.17) is 0 Å². The van der Waals surface area contributed by atoms with Crippen LogP contribution in [0.5, 0.6) is 0 Å². The molecule has 0 aliphatic carbocycles. The molecular weight excluding hydrogens is 362 g/mol. The van der Waals surface area contributed by atoms with E-state index in [-0.39, 0.29) is 11.7 Å². The summed E-state index contributed by atoms with van der Waals surface area (Å²) >= 11 is 0. The van der Waals surface area contributed by atoms with Gasteiger partial charge in [0.05, 0.1) is 17.2 Å². The van der Waals surface area contributed by atoms with Crippen molar-refractivity contribution in [3.63, 3.8) is 0 Å². The molecule has 1 amide bonds. The molecule has 2 fully saturated rings. The number of hydrogen-bond acceptors (Lipinski definition) is 5. The standard InChI is InChI=1S/C20H31N3O3S/c1-18-7-5-6-10-23(18)20(24)17-22-13-11-21(12-14-22)15-16-27(25,26)19-8-3-2-4-9-19/h2-4,8-9,18H,5-7,10-17H2,1H3. The number of amides is 1. The van der Waals surface area contributed by atoms with Crippen LogP contribution < -0.4 is 0 Å². The van der Waals surface area contributed by atoms with Gasteiger partial charge in [0.2, 0.25) is 5.91 Å². The summed E-state index contributed by atoms with van der Waals surface area (Å²) in [5.41, 5.74) is 0. The number of rotatable bonds is 6. The van der Waals surface area contributed by atoms with Crippen LogP contribution in [-0.4, -0.2) is 86.6 Å². The summed E-state index contributed by atoms with van der Waals surface area (Å²) in [5.74, 6) is 0.378. The molecule has 0 aromatic heterocycles. The fraction of sp³-hybridized carbons (Fsp3) is 0.650. The van der Waals surface area contributed by atoms with Crippen molar-refractivity contribution in [3.8, 4) is 0 Å². The normalized spacial score (nSPS) is 22.7. The van der Waals surface area contributed by atoms with Gasteiger partial charge >= 0.3 is 0 Å². The monoisotopic (exact) mass is 393 g/mol. The minimum absolute atomic E-state index is 0.140. The van der Waals surface area contributed by atoms with Gasteiger partial charge in [0.15, 0.2) is 9.84 Å². The molecule has 2 saturated heterocycles. The molecule has 1 atom stereocenters. The van der Waals surface area contributed by atoms with E-state index in [0.29, 0.717) is 24.0 Å². The van der Waals surface area contributed by atoms with Gasteiger partial charge < -0.3 is 4.90 Å². The van der Waals surface area contributed by atoms with E-state index in [9.17, 15) is 13.2 Å². The molecule has 1 aromatic carbocycles. The molecule has 1 aromatic rings. The van der Waals surface area contributed by atoms with Gasteiger partial charge in [0.1, 0.15) is 0 Å². The average molecular weight is 394 g/mol. The lowest BCUT2D eigenvalue weighted by Crippen LogP contribution is -2.52. The number of sulfone groups is 1. The van der Waals surface area contributed by atoms with Crippen molar-refractivity contribution < 1.29 is 13.2 Å². The highest BCUT2D eigenvalue weighted by Crippen LogP contribution is 2.17. The van der Waals surface area contributed by atoms with Crippen LogP contribution in [0.15, 0.2) is 35.2 Å². The zero-order valence-corrected chi connectivity index (χ0v) is 17.0. The van der Waals surface area contributed by atoms with Crippen molar-refractivity contribution in [2.45, 2.75) is 37.1 Å². The molecule has 0 radical (unpaired) electrons. The van der Waals surface area contributed by atoms with Gasteiger partial charge in [-0.3, -0.25) is 14.6 Å². The zero-order valence-electron chi connectivity index (χ0n) is 16.2. The lowest BCUT2D eigenvalue weighted by atomic mass is 10.0. The average Bonchev–Trinajstić information content (AvgIpc) is 2.68. The first-order valence-corrected chi connectivity index (χ1v) is 11.6.